The number of aliphatic hydroxyl groups excluding tert-OH is 1. The van der Waals surface area contributed by atoms with Crippen molar-refractivity contribution in [3.63, 3.8) is 0 Å². The van der Waals surface area contributed by atoms with Crippen molar-refractivity contribution in [3.8, 4) is 0 Å². The van der Waals surface area contributed by atoms with E-state index in [1.807, 2.05) is 28.1 Å². The van der Waals surface area contributed by atoms with Gasteiger partial charge in [0.25, 0.3) is 0 Å². The van der Waals surface area contributed by atoms with E-state index in [0.29, 0.717) is 18.1 Å². The van der Waals surface area contributed by atoms with Gasteiger partial charge < -0.3 is 15.4 Å². The van der Waals surface area contributed by atoms with Crippen LogP contribution in [0.3, 0.4) is 0 Å². The molecule has 0 amide bonds. The first-order valence-electron chi connectivity index (χ1n) is 5.52. The maximum atomic E-state index is 9.39. The lowest BCUT2D eigenvalue weighted by Crippen LogP contribution is -2.04. The predicted molar refractivity (Wildman–Crippen MR) is 71.3 cm³/mol. The van der Waals surface area contributed by atoms with E-state index in [-0.39, 0.29) is 6.61 Å². The van der Waals surface area contributed by atoms with Gasteiger partial charge in [0, 0.05) is 17.3 Å². The summed E-state index contributed by atoms with van der Waals surface area (Å²) < 4.78 is 1.97. The summed E-state index contributed by atoms with van der Waals surface area (Å²) in [5.41, 5.74) is 8.17. The van der Waals surface area contributed by atoms with Crippen LogP contribution in [-0.2, 0) is 13.2 Å². The number of aromatic nitrogens is 3. The predicted octanol–water partition coefficient (Wildman–Crippen LogP) is 1.62. The summed E-state index contributed by atoms with van der Waals surface area (Å²) in [6.07, 6.45) is 1.77. The third-order valence-electron chi connectivity index (χ3n) is 2.77. The van der Waals surface area contributed by atoms with Gasteiger partial charge in [-0.1, -0.05) is 0 Å². The van der Waals surface area contributed by atoms with Crippen LogP contribution in [-0.4, -0.2) is 19.6 Å². The van der Waals surface area contributed by atoms with Crippen LogP contribution in [0.25, 0.3) is 11.0 Å². The number of nitrogen functional groups attached to an aromatic ring is 1. The molecule has 3 rings (SSSR count). The number of rotatable bonds is 3. The number of nitrogens with zero attached hydrogens (tertiary/aromatic N) is 3. The largest absolute Gasteiger partial charge is 0.399 e. The zero-order valence-electron chi connectivity index (χ0n) is 9.58. The molecule has 5 nitrogen and oxygen atoms in total. The van der Waals surface area contributed by atoms with Crippen molar-refractivity contribution in [2.24, 2.45) is 0 Å². The molecule has 0 aliphatic carbocycles. The molecule has 0 bridgehead atoms. The van der Waals surface area contributed by atoms with Gasteiger partial charge in [-0.15, -0.1) is 11.3 Å². The Bertz CT molecular complexity index is 675. The summed E-state index contributed by atoms with van der Waals surface area (Å²) >= 11 is 1.59. The standard InChI is InChI=1S/C12H12N4OS/c13-8-1-2-10-9(5-8)15-11(7-17)16(10)6-12-14-3-4-18-12/h1-5,17H,6-7,13H2. The number of benzene rings is 1. The van der Waals surface area contributed by atoms with Crippen molar-refractivity contribution in [2.75, 3.05) is 5.73 Å². The number of hydrogen-bond donors (Lipinski definition) is 2. The Hall–Kier alpha value is -1.92. The first-order valence-corrected chi connectivity index (χ1v) is 6.40. The summed E-state index contributed by atoms with van der Waals surface area (Å²) in [6.45, 7) is 0.522. The fourth-order valence-corrected chi connectivity index (χ4v) is 2.56. The molecular formula is C12H12N4OS. The number of thiazole rings is 1. The van der Waals surface area contributed by atoms with Crippen LogP contribution in [0.1, 0.15) is 10.8 Å². The van der Waals surface area contributed by atoms with Gasteiger partial charge in [0.15, 0.2) is 0 Å². The molecule has 0 unspecified atom stereocenters. The number of imidazole rings is 1. The van der Waals surface area contributed by atoms with Gasteiger partial charge >= 0.3 is 0 Å². The number of anilines is 1. The van der Waals surface area contributed by atoms with Gasteiger partial charge in [0.1, 0.15) is 17.4 Å². The van der Waals surface area contributed by atoms with Crippen LogP contribution in [0.5, 0.6) is 0 Å². The van der Waals surface area contributed by atoms with E-state index in [1.165, 1.54) is 0 Å². The molecule has 0 aliphatic heterocycles. The molecule has 3 aromatic rings. The molecule has 0 atom stereocenters. The average Bonchev–Trinajstić information content (AvgIpc) is 2.97. The third kappa shape index (κ3) is 1.85. The minimum absolute atomic E-state index is 0.0973. The Kier molecular flexibility index (Phi) is 2.73. The molecular weight excluding hydrogens is 248 g/mol. The monoisotopic (exact) mass is 260 g/mol. The van der Waals surface area contributed by atoms with Crippen LogP contribution in [0, 0.1) is 0 Å². The summed E-state index contributed by atoms with van der Waals surface area (Å²) in [7, 11) is 0. The Morgan fingerprint density at radius 3 is 3.00 bits per heavy atom. The van der Waals surface area contributed by atoms with Crippen molar-refractivity contribution >= 4 is 28.1 Å². The highest BCUT2D eigenvalue weighted by atomic mass is 32.1. The molecule has 0 saturated carbocycles. The van der Waals surface area contributed by atoms with Crippen LogP contribution in [0.15, 0.2) is 29.8 Å². The maximum absolute atomic E-state index is 9.39. The summed E-state index contributed by atoms with van der Waals surface area (Å²) in [5, 5.41) is 12.3. The lowest BCUT2D eigenvalue weighted by molar-refractivity contribution is 0.267. The molecule has 0 saturated heterocycles. The summed E-state index contributed by atoms with van der Waals surface area (Å²) in [4.78, 5) is 8.64. The smallest absolute Gasteiger partial charge is 0.136 e. The van der Waals surface area contributed by atoms with Gasteiger partial charge in [-0.25, -0.2) is 9.97 Å². The average molecular weight is 260 g/mol. The quantitative estimate of drug-likeness (QED) is 0.701. The highest BCUT2D eigenvalue weighted by Crippen LogP contribution is 2.21. The van der Waals surface area contributed by atoms with Crippen molar-refractivity contribution in [1.82, 2.24) is 14.5 Å². The first-order chi connectivity index (χ1) is 8.78. The third-order valence-corrected chi connectivity index (χ3v) is 3.53. The van der Waals surface area contributed by atoms with E-state index in [0.717, 1.165) is 16.0 Å². The van der Waals surface area contributed by atoms with E-state index in [1.54, 1.807) is 17.5 Å². The van der Waals surface area contributed by atoms with E-state index in [9.17, 15) is 5.11 Å². The highest BCUT2D eigenvalue weighted by molar-refractivity contribution is 7.09. The molecule has 0 fully saturated rings. The second-order valence-corrected chi connectivity index (χ2v) is 4.93. The topological polar surface area (TPSA) is 77.0 Å². The number of aliphatic hydroxyl groups is 1. The second kappa shape index (κ2) is 4.40. The number of hydrogen-bond acceptors (Lipinski definition) is 5. The highest BCUT2D eigenvalue weighted by Gasteiger charge is 2.11. The number of fused-ring (bicyclic) bond motifs is 1. The van der Waals surface area contributed by atoms with Crippen LogP contribution < -0.4 is 5.73 Å². The van der Waals surface area contributed by atoms with Crippen molar-refractivity contribution < 1.29 is 5.11 Å². The fraction of sp³-hybridized carbons (Fsp3) is 0.167. The molecule has 6 heteroatoms. The van der Waals surface area contributed by atoms with Gasteiger partial charge in [-0.05, 0) is 18.2 Å². The Labute approximate surface area is 108 Å². The lowest BCUT2D eigenvalue weighted by Gasteiger charge is -2.05. The van der Waals surface area contributed by atoms with Crippen LogP contribution >= 0.6 is 11.3 Å². The minimum Gasteiger partial charge on any atom is -0.399 e. The van der Waals surface area contributed by atoms with Gasteiger partial charge in [0.05, 0.1) is 17.6 Å². The van der Waals surface area contributed by atoms with Gasteiger partial charge in [-0.3, -0.25) is 0 Å². The molecule has 0 spiro atoms. The van der Waals surface area contributed by atoms with E-state index < -0.39 is 0 Å². The molecule has 0 radical (unpaired) electrons. The Balaban J connectivity index is 2.13. The molecule has 18 heavy (non-hydrogen) atoms. The first kappa shape index (κ1) is 11.2. The zero-order chi connectivity index (χ0) is 12.5. The lowest BCUT2D eigenvalue weighted by atomic mass is 10.3. The van der Waals surface area contributed by atoms with Crippen molar-refractivity contribution in [2.45, 2.75) is 13.2 Å². The van der Waals surface area contributed by atoms with Crippen molar-refractivity contribution in [1.29, 1.82) is 0 Å². The van der Waals surface area contributed by atoms with E-state index >= 15 is 0 Å². The van der Waals surface area contributed by atoms with Gasteiger partial charge in [0.2, 0.25) is 0 Å². The van der Waals surface area contributed by atoms with Gasteiger partial charge in [-0.2, -0.15) is 0 Å². The molecule has 2 heterocycles. The molecule has 3 N–H and O–H groups in total. The van der Waals surface area contributed by atoms with Crippen LogP contribution in [0.2, 0.25) is 0 Å². The molecule has 92 valence electrons. The Morgan fingerprint density at radius 1 is 1.39 bits per heavy atom. The number of nitrogens with two attached hydrogens (primary N) is 1. The van der Waals surface area contributed by atoms with E-state index in [4.69, 9.17) is 5.73 Å². The maximum Gasteiger partial charge on any atom is 0.136 e. The Morgan fingerprint density at radius 2 is 2.28 bits per heavy atom. The molecule has 0 aliphatic rings. The summed E-state index contributed by atoms with van der Waals surface area (Å²) in [5.74, 6) is 0.630. The van der Waals surface area contributed by atoms with Crippen molar-refractivity contribution in [3.05, 3.63) is 40.6 Å². The second-order valence-electron chi connectivity index (χ2n) is 3.95. The fourth-order valence-electron chi connectivity index (χ4n) is 1.96. The minimum atomic E-state index is -0.0973. The summed E-state index contributed by atoms with van der Waals surface area (Å²) in [6, 6.07) is 5.57. The van der Waals surface area contributed by atoms with E-state index in [2.05, 4.69) is 9.97 Å². The molecule has 1 aromatic carbocycles. The zero-order valence-corrected chi connectivity index (χ0v) is 10.4. The normalized spacial score (nSPS) is 11.2. The SMILES string of the molecule is Nc1ccc2c(c1)nc(CO)n2Cc1nccs1. The molecule has 2 aromatic heterocycles. The van der Waals surface area contributed by atoms with Crippen LogP contribution in [0.4, 0.5) is 5.69 Å².